The molecule has 0 saturated heterocycles. The summed E-state index contributed by atoms with van der Waals surface area (Å²) in [5.74, 6) is -0.995. The van der Waals surface area contributed by atoms with Crippen LogP contribution >= 0.6 is 0 Å². The van der Waals surface area contributed by atoms with Crippen LogP contribution in [0.3, 0.4) is 0 Å². The van der Waals surface area contributed by atoms with Crippen molar-refractivity contribution in [3.63, 3.8) is 0 Å². The van der Waals surface area contributed by atoms with Crippen LogP contribution in [-0.4, -0.2) is 49.0 Å². The number of likely N-dealkylation sites (N-methyl/N-ethyl adjacent to an activating group) is 1. The second-order valence-corrected chi connectivity index (χ2v) is 5.38. The molecule has 0 spiro atoms. The van der Waals surface area contributed by atoms with E-state index in [2.05, 4.69) is 15.2 Å². The number of aromatic hydroxyl groups is 1. The van der Waals surface area contributed by atoms with Crippen molar-refractivity contribution in [3.8, 4) is 5.75 Å². The number of hydrogen-bond acceptors (Lipinski definition) is 7. The van der Waals surface area contributed by atoms with E-state index in [-0.39, 0.29) is 12.3 Å². The summed E-state index contributed by atoms with van der Waals surface area (Å²) in [6.07, 6.45) is 2.49. The summed E-state index contributed by atoms with van der Waals surface area (Å²) in [5.41, 5.74) is 0.485. The van der Waals surface area contributed by atoms with Gasteiger partial charge < -0.3 is 15.2 Å². The molecule has 0 fully saturated rings. The van der Waals surface area contributed by atoms with Gasteiger partial charge in [0, 0.05) is 17.7 Å². The molecular weight excluding hydrogens is 340 g/mol. The minimum Gasteiger partial charge on any atom is -0.507 e. The van der Waals surface area contributed by atoms with E-state index in [1.165, 1.54) is 13.3 Å². The van der Waals surface area contributed by atoms with Gasteiger partial charge in [-0.2, -0.15) is 9.78 Å². The fraction of sp³-hybridized carbons (Fsp3) is 0.125. The van der Waals surface area contributed by atoms with Gasteiger partial charge in [-0.15, -0.1) is 0 Å². The highest BCUT2D eigenvalue weighted by Crippen LogP contribution is 2.25. The van der Waals surface area contributed by atoms with E-state index >= 15 is 0 Å². The zero-order chi connectivity index (χ0) is 18.7. The van der Waals surface area contributed by atoms with Gasteiger partial charge in [0.15, 0.2) is 0 Å². The molecule has 10 nitrogen and oxygen atoms in total. The summed E-state index contributed by atoms with van der Waals surface area (Å²) in [4.78, 5) is 25.4. The Kier molecular flexibility index (Phi) is 4.56. The van der Waals surface area contributed by atoms with Gasteiger partial charge in [0.05, 0.1) is 6.21 Å². The number of carbonyl (C=O) groups is 1. The number of nitrogens with zero attached hydrogens (tertiary/aromatic N) is 6. The van der Waals surface area contributed by atoms with Gasteiger partial charge in [0.25, 0.3) is 5.91 Å². The molecule has 0 saturated carbocycles. The lowest BCUT2D eigenvalue weighted by atomic mass is 10.0. The molecule has 10 heteroatoms. The van der Waals surface area contributed by atoms with Crippen LogP contribution in [0.15, 0.2) is 47.8 Å². The van der Waals surface area contributed by atoms with Crippen molar-refractivity contribution in [2.24, 2.45) is 5.10 Å². The van der Waals surface area contributed by atoms with Gasteiger partial charge in [0.1, 0.15) is 12.3 Å². The highest BCUT2D eigenvalue weighted by molar-refractivity contribution is 6.02. The Hall–Kier alpha value is -3.82. The van der Waals surface area contributed by atoms with Crippen molar-refractivity contribution < 1.29 is 14.8 Å². The van der Waals surface area contributed by atoms with Crippen LogP contribution in [0.5, 0.6) is 5.75 Å². The third-order valence-corrected chi connectivity index (χ3v) is 3.65. The Morgan fingerprint density at radius 3 is 2.88 bits per heavy atom. The number of rotatable bonds is 5. The second-order valence-electron chi connectivity index (χ2n) is 5.38. The van der Waals surface area contributed by atoms with Crippen LogP contribution in [0.2, 0.25) is 0 Å². The number of aromatic nitrogens is 3. The van der Waals surface area contributed by atoms with E-state index in [0.717, 1.165) is 26.8 Å². The number of amides is 1. The molecule has 0 radical (unpaired) electrons. The predicted molar refractivity (Wildman–Crippen MR) is 92.7 cm³/mol. The fourth-order valence-corrected chi connectivity index (χ4v) is 2.31. The molecule has 3 aromatic rings. The van der Waals surface area contributed by atoms with E-state index in [4.69, 9.17) is 0 Å². The highest BCUT2D eigenvalue weighted by Gasteiger charge is 2.17. The molecule has 0 unspecified atom stereocenters. The molecule has 1 amide bonds. The number of hydrogen-bond donors (Lipinski definition) is 1. The van der Waals surface area contributed by atoms with Crippen molar-refractivity contribution in [2.45, 2.75) is 6.54 Å². The number of phenols is 1. The lowest BCUT2D eigenvalue weighted by Crippen LogP contribution is -2.26. The summed E-state index contributed by atoms with van der Waals surface area (Å²) < 4.78 is 1.06. The summed E-state index contributed by atoms with van der Waals surface area (Å²) in [6, 6.07) is 10.8. The number of phenolic OH excluding ortho intramolecular Hbond substituents is 1. The molecule has 3 rings (SSSR count). The third kappa shape index (κ3) is 3.48. The maximum absolute atomic E-state index is 12.2. The minimum absolute atomic E-state index is 0.0419. The molecule has 1 aromatic heterocycles. The fourth-order valence-electron chi connectivity index (χ4n) is 2.31. The van der Waals surface area contributed by atoms with Crippen molar-refractivity contribution >= 4 is 28.8 Å². The maximum atomic E-state index is 12.2. The van der Waals surface area contributed by atoms with Crippen molar-refractivity contribution in [2.75, 3.05) is 7.05 Å². The second kappa shape index (κ2) is 6.97. The van der Waals surface area contributed by atoms with Gasteiger partial charge in [-0.25, -0.2) is 5.01 Å². The van der Waals surface area contributed by atoms with Crippen LogP contribution in [0, 0.1) is 10.1 Å². The quantitative estimate of drug-likeness (QED) is 0.421. The molecule has 0 atom stereocenters. The number of carbonyl (C=O) groups excluding carboxylic acids is 1. The Labute approximate surface area is 147 Å². The van der Waals surface area contributed by atoms with E-state index in [0.29, 0.717) is 5.56 Å². The molecule has 2 aromatic carbocycles. The van der Waals surface area contributed by atoms with Gasteiger partial charge in [-0.3, -0.25) is 4.79 Å². The smallest absolute Gasteiger partial charge is 0.490 e. The lowest BCUT2D eigenvalue weighted by Gasteiger charge is -2.10. The first kappa shape index (κ1) is 17.0. The third-order valence-electron chi connectivity index (χ3n) is 3.65. The average molecular weight is 354 g/mol. The summed E-state index contributed by atoms with van der Waals surface area (Å²) >= 11 is 0. The standard InChI is InChI=1S/C16H14N6O4/c1-20(15(24)9-21-10-17-16(19-21)22(25)26)18-8-13-12-5-3-2-4-11(12)6-7-14(13)23/h2-8,10,23H,9H2,1H3/b18-8-. The lowest BCUT2D eigenvalue weighted by molar-refractivity contribution is -0.394. The van der Waals surface area contributed by atoms with Crippen LogP contribution in [-0.2, 0) is 11.3 Å². The van der Waals surface area contributed by atoms with E-state index in [9.17, 15) is 20.0 Å². The van der Waals surface area contributed by atoms with Crippen LogP contribution in [0.25, 0.3) is 10.8 Å². The zero-order valence-corrected chi connectivity index (χ0v) is 13.7. The first-order chi connectivity index (χ1) is 12.5. The summed E-state index contributed by atoms with van der Waals surface area (Å²) in [7, 11) is 1.44. The van der Waals surface area contributed by atoms with E-state index in [1.54, 1.807) is 12.1 Å². The first-order valence-electron chi connectivity index (χ1n) is 7.51. The van der Waals surface area contributed by atoms with Crippen molar-refractivity contribution in [1.82, 2.24) is 19.8 Å². The Morgan fingerprint density at radius 2 is 2.15 bits per heavy atom. The number of benzene rings is 2. The molecule has 1 N–H and O–H groups in total. The average Bonchev–Trinajstić information content (AvgIpc) is 3.09. The normalized spacial score (nSPS) is 11.1. The molecule has 0 aliphatic carbocycles. The summed E-state index contributed by atoms with van der Waals surface area (Å²) in [6.45, 7) is -0.254. The van der Waals surface area contributed by atoms with Crippen LogP contribution in [0.4, 0.5) is 5.95 Å². The van der Waals surface area contributed by atoms with Gasteiger partial charge in [-0.1, -0.05) is 35.3 Å². The van der Waals surface area contributed by atoms with Gasteiger partial charge >= 0.3 is 5.95 Å². The molecule has 26 heavy (non-hydrogen) atoms. The highest BCUT2D eigenvalue weighted by atomic mass is 16.6. The first-order valence-corrected chi connectivity index (χ1v) is 7.51. The Bertz CT molecular complexity index is 1010. The maximum Gasteiger partial charge on any atom is 0.490 e. The van der Waals surface area contributed by atoms with E-state index in [1.807, 2.05) is 24.3 Å². The number of hydrazone groups is 1. The minimum atomic E-state index is -0.744. The van der Waals surface area contributed by atoms with Crippen molar-refractivity contribution in [3.05, 3.63) is 58.4 Å². The number of nitro groups is 1. The van der Waals surface area contributed by atoms with Crippen molar-refractivity contribution in [1.29, 1.82) is 0 Å². The largest absolute Gasteiger partial charge is 0.507 e. The molecule has 0 bridgehead atoms. The molecular formula is C16H14N6O4. The molecule has 0 aliphatic heterocycles. The predicted octanol–water partition coefficient (Wildman–Crippen LogP) is 1.54. The summed E-state index contributed by atoms with van der Waals surface area (Å²) in [5, 5.41) is 31.0. The molecule has 0 aliphatic rings. The number of fused-ring (bicyclic) bond motifs is 1. The van der Waals surface area contributed by atoms with Crippen LogP contribution < -0.4 is 0 Å². The zero-order valence-electron chi connectivity index (χ0n) is 13.7. The topological polar surface area (TPSA) is 127 Å². The molecule has 1 heterocycles. The molecule has 132 valence electrons. The van der Waals surface area contributed by atoms with Crippen LogP contribution in [0.1, 0.15) is 5.56 Å². The SMILES string of the molecule is CN(/N=C\c1c(O)ccc2ccccc12)C(=O)Cn1cnc([N+](=O)[O-])n1. The van der Waals surface area contributed by atoms with Gasteiger partial charge in [0.2, 0.25) is 6.33 Å². The van der Waals surface area contributed by atoms with Gasteiger partial charge in [-0.05, 0) is 21.8 Å². The Morgan fingerprint density at radius 1 is 1.38 bits per heavy atom. The monoisotopic (exact) mass is 354 g/mol. The Balaban J connectivity index is 1.76. The van der Waals surface area contributed by atoms with E-state index < -0.39 is 16.8 Å².